The van der Waals surface area contributed by atoms with E-state index in [1.165, 1.54) is 11.2 Å². The standard InChI is InChI=1S/C27H17NO4/c29-25-20-14-7-8-15-21(20)28(27(31)19-12-5-2-6-13-19)24(25)23(18-10-3-1-4-11-18)26(30)22-16-9-17-32-22/h1-17H/b24-23+. The van der Waals surface area contributed by atoms with Crippen molar-refractivity contribution >= 4 is 28.7 Å². The van der Waals surface area contributed by atoms with Gasteiger partial charge in [0.15, 0.2) is 5.76 Å². The lowest BCUT2D eigenvalue weighted by Crippen LogP contribution is -2.30. The van der Waals surface area contributed by atoms with Crippen LogP contribution in [0.2, 0.25) is 0 Å². The van der Waals surface area contributed by atoms with Crippen LogP contribution in [0, 0.1) is 0 Å². The summed E-state index contributed by atoms with van der Waals surface area (Å²) >= 11 is 0. The fraction of sp³-hybridized carbons (Fsp3) is 0. The van der Waals surface area contributed by atoms with E-state index in [0.717, 1.165) is 0 Å². The first kappa shape index (κ1) is 19.5. The highest BCUT2D eigenvalue weighted by Crippen LogP contribution is 2.40. The van der Waals surface area contributed by atoms with Gasteiger partial charge in [-0.3, -0.25) is 19.3 Å². The van der Waals surface area contributed by atoms with Gasteiger partial charge in [-0.05, 0) is 42.0 Å². The Morgan fingerprint density at radius 3 is 1.97 bits per heavy atom. The van der Waals surface area contributed by atoms with Crippen LogP contribution in [-0.2, 0) is 0 Å². The Morgan fingerprint density at radius 2 is 1.31 bits per heavy atom. The molecule has 0 N–H and O–H groups in total. The summed E-state index contributed by atoms with van der Waals surface area (Å²) in [5, 5.41) is 0. The first-order valence-corrected chi connectivity index (χ1v) is 10.1. The van der Waals surface area contributed by atoms with Crippen molar-refractivity contribution in [2.45, 2.75) is 0 Å². The molecule has 1 aromatic heterocycles. The molecular formula is C27H17NO4. The molecule has 5 rings (SSSR count). The second kappa shape index (κ2) is 7.96. The van der Waals surface area contributed by atoms with Gasteiger partial charge in [0.25, 0.3) is 5.91 Å². The summed E-state index contributed by atoms with van der Waals surface area (Å²) in [6.45, 7) is 0. The van der Waals surface area contributed by atoms with Crippen LogP contribution in [0.4, 0.5) is 5.69 Å². The second-order valence-electron chi connectivity index (χ2n) is 7.25. The number of carbonyl (C=O) groups excluding carboxylic acids is 3. The molecule has 1 aliphatic rings. The highest BCUT2D eigenvalue weighted by atomic mass is 16.3. The average molecular weight is 419 g/mol. The average Bonchev–Trinajstić information content (AvgIpc) is 3.48. The smallest absolute Gasteiger partial charge is 0.263 e. The van der Waals surface area contributed by atoms with E-state index in [9.17, 15) is 14.4 Å². The van der Waals surface area contributed by atoms with E-state index >= 15 is 0 Å². The fourth-order valence-electron chi connectivity index (χ4n) is 3.87. The Bertz CT molecular complexity index is 1350. The zero-order chi connectivity index (χ0) is 22.1. The normalized spacial score (nSPS) is 14.2. The molecule has 0 fully saturated rings. The van der Waals surface area contributed by atoms with Gasteiger partial charge in [-0.1, -0.05) is 60.7 Å². The van der Waals surface area contributed by atoms with Crippen molar-refractivity contribution in [3.8, 4) is 0 Å². The number of rotatable bonds is 4. The fourth-order valence-corrected chi connectivity index (χ4v) is 3.87. The van der Waals surface area contributed by atoms with Gasteiger partial charge in [-0.25, -0.2) is 0 Å². The molecule has 0 aliphatic carbocycles. The predicted molar refractivity (Wildman–Crippen MR) is 120 cm³/mol. The maximum absolute atomic E-state index is 13.6. The summed E-state index contributed by atoms with van der Waals surface area (Å²) in [5.74, 6) is -1.15. The molecule has 0 radical (unpaired) electrons. The number of benzene rings is 3. The summed E-state index contributed by atoms with van der Waals surface area (Å²) in [7, 11) is 0. The maximum atomic E-state index is 13.6. The van der Waals surface area contributed by atoms with Gasteiger partial charge in [0.1, 0.15) is 5.70 Å². The molecule has 3 aromatic carbocycles. The maximum Gasteiger partial charge on any atom is 0.263 e. The first-order valence-electron chi connectivity index (χ1n) is 10.1. The van der Waals surface area contributed by atoms with Crippen molar-refractivity contribution < 1.29 is 18.8 Å². The Balaban J connectivity index is 1.80. The molecule has 5 nitrogen and oxygen atoms in total. The van der Waals surface area contributed by atoms with Crippen LogP contribution in [0.3, 0.4) is 0 Å². The van der Waals surface area contributed by atoms with Gasteiger partial charge >= 0.3 is 0 Å². The molecule has 32 heavy (non-hydrogen) atoms. The molecule has 154 valence electrons. The quantitative estimate of drug-likeness (QED) is 0.327. The number of ketones is 2. The van der Waals surface area contributed by atoms with Gasteiger partial charge in [-0.15, -0.1) is 0 Å². The number of hydrogen-bond donors (Lipinski definition) is 0. The van der Waals surface area contributed by atoms with Crippen LogP contribution in [0.5, 0.6) is 0 Å². The highest BCUT2D eigenvalue weighted by Gasteiger charge is 2.40. The molecule has 0 atom stereocenters. The van der Waals surface area contributed by atoms with Gasteiger partial charge < -0.3 is 4.42 Å². The number of Topliss-reactive ketones (excluding diaryl/α,β-unsaturated/α-hetero) is 2. The summed E-state index contributed by atoms with van der Waals surface area (Å²) in [5.41, 5.74) is 1.89. The number of hydrogen-bond acceptors (Lipinski definition) is 4. The monoisotopic (exact) mass is 419 g/mol. The van der Waals surface area contributed by atoms with Crippen LogP contribution < -0.4 is 4.90 Å². The largest absolute Gasteiger partial charge is 0.461 e. The molecule has 2 heterocycles. The molecule has 4 aromatic rings. The summed E-state index contributed by atoms with van der Waals surface area (Å²) < 4.78 is 5.35. The highest BCUT2D eigenvalue weighted by molar-refractivity contribution is 6.39. The molecule has 0 bridgehead atoms. The number of para-hydroxylation sites is 1. The lowest BCUT2D eigenvalue weighted by molar-refractivity contribution is 0.0971. The van der Waals surface area contributed by atoms with Crippen LogP contribution in [0.15, 0.2) is 113 Å². The van der Waals surface area contributed by atoms with Crippen LogP contribution >= 0.6 is 0 Å². The minimum absolute atomic E-state index is 0.0210. The van der Waals surface area contributed by atoms with E-state index in [0.29, 0.717) is 22.4 Å². The van der Waals surface area contributed by atoms with E-state index < -0.39 is 5.78 Å². The minimum Gasteiger partial charge on any atom is -0.461 e. The van der Waals surface area contributed by atoms with Crippen molar-refractivity contribution in [2.75, 3.05) is 4.90 Å². The molecule has 0 saturated heterocycles. The second-order valence-corrected chi connectivity index (χ2v) is 7.25. The van der Waals surface area contributed by atoms with Crippen molar-refractivity contribution in [3.05, 3.63) is 131 Å². The lowest BCUT2D eigenvalue weighted by atomic mass is 9.95. The summed E-state index contributed by atoms with van der Waals surface area (Å²) in [6, 6.07) is 27.6. The summed E-state index contributed by atoms with van der Waals surface area (Å²) in [4.78, 5) is 42.1. The molecular weight excluding hydrogens is 402 g/mol. The molecule has 1 amide bonds. The number of fused-ring (bicyclic) bond motifs is 1. The SMILES string of the molecule is O=C(/C(=C1\C(=O)c2ccccc2N1C(=O)c1ccccc1)c1ccccc1)c1ccco1. The number of allylic oxidation sites excluding steroid dienone is 2. The number of furan rings is 1. The van der Waals surface area contributed by atoms with Crippen molar-refractivity contribution in [1.82, 2.24) is 0 Å². The predicted octanol–water partition coefficient (Wildman–Crippen LogP) is 5.42. The molecule has 0 spiro atoms. The van der Waals surface area contributed by atoms with Crippen LogP contribution in [0.25, 0.3) is 5.57 Å². The molecule has 5 heteroatoms. The topological polar surface area (TPSA) is 67.6 Å². The van der Waals surface area contributed by atoms with Crippen LogP contribution in [0.1, 0.15) is 36.8 Å². The molecule has 0 saturated carbocycles. The van der Waals surface area contributed by atoms with E-state index in [2.05, 4.69) is 0 Å². The molecule has 0 unspecified atom stereocenters. The summed E-state index contributed by atoms with van der Waals surface area (Å²) in [6.07, 6.45) is 1.40. The Morgan fingerprint density at radius 1 is 0.688 bits per heavy atom. The van der Waals surface area contributed by atoms with Gasteiger partial charge in [-0.2, -0.15) is 0 Å². The van der Waals surface area contributed by atoms with E-state index in [4.69, 9.17) is 4.42 Å². The van der Waals surface area contributed by atoms with Crippen molar-refractivity contribution in [3.63, 3.8) is 0 Å². The first-order chi connectivity index (χ1) is 15.7. The third-order valence-electron chi connectivity index (χ3n) is 5.32. The third-order valence-corrected chi connectivity index (χ3v) is 5.32. The van der Waals surface area contributed by atoms with E-state index in [1.54, 1.807) is 84.9 Å². The van der Waals surface area contributed by atoms with Crippen molar-refractivity contribution in [2.24, 2.45) is 0 Å². The minimum atomic E-state index is -0.469. The Kier molecular flexibility index (Phi) is 4.84. The van der Waals surface area contributed by atoms with E-state index in [-0.39, 0.29) is 28.7 Å². The number of anilines is 1. The zero-order valence-corrected chi connectivity index (χ0v) is 16.9. The zero-order valence-electron chi connectivity index (χ0n) is 16.9. The Hall–Kier alpha value is -4.51. The van der Waals surface area contributed by atoms with Gasteiger partial charge in [0.05, 0.1) is 17.5 Å². The number of amides is 1. The van der Waals surface area contributed by atoms with Gasteiger partial charge in [0.2, 0.25) is 11.6 Å². The van der Waals surface area contributed by atoms with Crippen LogP contribution in [-0.4, -0.2) is 17.5 Å². The molecule has 1 aliphatic heterocycles. The third kappa shape index (κ3) is 3.17. The van der Waals surface area contributed by atoms with Gasteiger partial charge in [0, 0.05) is 11.1 Å². The van der Waals surface area contributed by atoms with E-state index in [1.807, 2.05) is 12.1 Å². The Labute approximate surface area is 184 Å². The lowest BCUT2D eigenvalue weighted by Gasteiger charge is -2.21. The van der Waals surface area contributed by atoms with Crippen molar-refractivity contribution in [1.29, 1.82) is 0 Å². The number of carbonyl (C=O) groups is 3. The number of nitrogens with zero attached hydrogens (tertiary/aromatic N) is 1.